The number of fused-ring (bicyclic) bond motifs is 1. The third-order valence-corrected chi connectivity index (χ3v) is 3.26. The summed E-state index contributed by atoms with van der Waals surface area (Å²) >= 11 is 0. The zero-order valence-electron chi connectivity index (χ0n) is 10.7. The van der Waals surface area contributed by atoms with Crippen LogP contribution >= 0.6 is 0 Å². The molecule has 19 heavy (non-hydrogen) atoms. The number of benzene rings is 1. The second-order valence-electron chi connectivity index (χ2n) is 4.42. The van der Waals surface area contributed by atoms with Crippen molar-refractivity contribution in [3.8, 4) is 0 Å². The van der Waals surface area contributed by atoms with Crippen LogP contribution in [0.2, 0.25) is 0 Å². The first-order chi connectivity index (χ1) is 9.25. The molecule has 0 spiro atoms. The van der Waals surface area contributed by atoms with Crippen molar-refractivity contribution in [2.45, 2.75) is 13.5 Å². The Bertz CT molecular complexity index is 717. The molecular formula is C14H15N5. The van der Waals surface area contributed by atoms with E-state index in [4.69, 9.17) is 5.73 Å². The smallest absolute Gasteiger partial charge is 0.152 e. The predicted molar refractivity (Wildman–Crippen MR) is 75.9 cm³/mol. The van der Waals surface area contributed by atoms with E-state index in [9.17, 15) is 0 Å². The normalized spacial score (nSPS) is 10.8. The largest absolute Gasteiger partial charge is 0.399 e. The van der Waals surface area contributed by atoms with Gasteiger partial charge in [0.2, 0.25) is 0 Å². The molecule has 3 aromatic rings. The zero-order valence-corrected chi connectivity index (χ0v) is 10.7. The van der Waals surface area contributed by atoms with Crippen molar-refractivity contribution in [3.05, 3.63) is 54.0 Å². The van der Waals surface area contributed by atoms with Crippen LogP contribution in [0.3, 0.4) is 0 Å². The van der Waals surface area contributed by atoms with Crippen LogP contribution in [0.15, 0.2) is 42.9 Å². The van der Waals surface area contributed by atoms with Gasteiger partial charge in [0, 0.05) is 24.6 Å². The van der Waals surface area contributed by atoms with E-state index in [2.05, 4.69) is 21.5 Å². The molecule has 0 amide bonds. The molecule has 2 aromatic heterocycles. The fourth-order valence-corrected chi connectivity index (χ4v) is 2.07. The van der Waals surface area contributed by atoms with Gasteiger partial charge in [-0.3, -0.25) is 0 Å². The van der Waals surface area contributed by atoms with Gasteiger partial charge in [0.1, 0.15) is 5.52 Å². The molecule has 3 N–H and O–H groups in total. The second-order valence-corrected chi connectivity index (χ2v) is 4.42. The first-order valence-electron chi connectivity index (χ1n) is 6.12. The van der Waals surface area contributed by atoms with E-state index in [0.717, 1.165) is 22.6 Å². The number of anilines is 2. The maximum Gasteiger partial charge on any atom is 0.152 e. The summed E-state index contributed by atoms with van der Waals surface area (Å²) in [6.45, 7) is 2.72. The second kappa shape index (κ2) is 4.61. The Balaban J connectivity index is 1.86. The van der Waals surface area contributed by atoms with E-state index in [-0.39, 0.29) is 0 Å². The first kappa shape index (κ1) is 11.5. The summed E-state index contributed by atoms with van der Waals surface area (Å²) < 4.78 is 1.79. The fourth-order valence-electron chi connectivity index (χ4n) is 2.07. The van der Waals surface area contributed by atoms with E-state index in [1.807, 2.05) is 31.3 Å². The molecular weight excluding hydrogens is 238 g/mol. The van der Waals surface area contributed by atoms with Crippen molar-refractivity contribution >= 4 is 17.0 Å². The lowest BCUT2D eigenvalue weighted by Crippen LogP contribution is -2.05. The number of hydrogen-bond donors (Lipinski definition) is 2. The minimum atomic E-state index is 0.689. The topological polar surface area (TPSA) is 68.2 Å². The third-order valence-electron chi connectivity index (χ3n) is 3.26. The monoisotopic (exact) mass is 253 g/mol. The maximum absolute atomic E-state index is 5.91. The van der Waals surface area contributed by atoms with Gasteiger partial charge in [-0.25, -0.2) is 9.50 Å². The standard InChI is InChI=1S/C14H15N5/c1-10-11(3-2-4-12(10)15)9-17-14-13-5-6-18-19(13)8-7-16-14/h2-8H,9,15H2,1H3,(H,16,17). The number of nitrogens with zero attached hydrogens (tertiary/aromatic N) is 3. The Morgan fingerprint density at radius 3 is 3.05 bits per heavy atom. The maximum atomic E-state index is 5.91. The van der Waals surface area contributed by atoms with Crippen molar-refractivity contribution in [3.63, 3.8) is 0 Å². The van der Waals surface area contributed by atoms with Gasteiger partial charge in [-0.2, -0.15) is 5.10 Å². The Morgan fingerprint density at radius 2 is 2.16 bits per heavy atom. The first-order valence-corrected chi connectivity index (χ1v) is 6.12. The summed E-state index contributed by atoms with van der Waals surface area (Å²) in [5.74, 6) is 0.821. The van der Waals surface area contributed by atoms with Gasteiger partial charge in [-0.15, -0.1) is 0 Å². The fraction of sp³-hybridized carbons (Fsp3) is 0.143. The quantitative estimate of drug-likeness (QED) is 0.702. The van der Waals surface area contributed by atoms with E-state index < -0.39 is 0 Å². The molecule has 0 bridgehead atoms. The minimum absolute atomic E-state index is 0.689. The lowest BCUT2D eigenvalue weighted by molar-refractivity contribution is 0.941. The average molecular weight is 253 g/mol. The van der Waals surface area contributed by atoms with Crippen LogP contribution in [-0.2, 0) is 6.54 Å². The van der Waals surface area contributed by atoms with Crippen LogP contribution in [0.25, 0.3) is 5.52 Å². The van der Waals surface area contributed by atoms with Crippen LogP contribution in [0.5, 0.6) is 0 Å². The lowest BCUT2D eigenvalue weighted by Gasteiger charge is -2.10. The molecule has 0 fully saturated rings. The predicted octanol–water partition coefficient (Wildman–Crippen LogP) is 2.23. The molecule has 0 saturated heterocycles. The summed E-state index contributed by atoms with van der Waals surface area (Å²) in [4.78, 5) is 4.34. The van der Waals surface area contributed by atoms with Crippen LogP contribution in [0, 0.1) is 6.92 Å². The molecule has 0 radical (unpaired) electrons. The Hall–Kier alpha value is -2.56. The van der Waals surface area contributed by atoms with Crippen molar-refractivity contribution < 1.29 is 0 Å². The Kier molecular flexibility index (Phi) is 2.79. The van der Waals surface area contributed by atoms with Gasteiger partial charge >= 0.3 is 0 Å². The number of aromatic nitrogens is 3. The van der Waals surface area contributed by atoms with Crippen LogP contribution in [-0.4, -0.2) is 14.6 Å². The molecule has 0 atom stereocenters. The highest BCUT2D eigenvalue weighted by atomic mass is 15.2. The summed E-state index contributed by atoms with van der Waals surface area (Å²) in [5.41, 5.74) is 9.96. The van der Waals surface area contributed by atoms with Gasteiger partial charge in [0.15, 0.2) is 5.82 Å². The molecule has 0 aliphatic rings. The van der Waals surface area contributed by atoms with Gasteiger partial charge in [0.25, 0.3) is 0 Å². The molecule has 5 nitrogen and oxygen atoms in total. The summed E-state index contributed by atoms with van der Waals surface area (Å²) in [6, 6.07) is 7.87. The van der Waals surface area contributed by atoms with Crippen LogP contribution in [0.1, 0.15) is 11.1 Å². The molecule has 2 heterocycles. The summed E-state index contributed by atoms with van der Waals surface area (Å²) in [7, 11) is 0. The number of hydrogen-bond acceptors (Lipinski definition) is 4. The van der Waals surface area contributed by atoms with Crippen LogP contribution in [0.4, 0.5) is 11.5 Å². The molecule has 3 rings (SSSR count). The van der Waals surface area contributed by atoms with Gasteiger partial charge in [0.05, 0.1) is 6.20 Å². The number of rotatable bonds is 3. The van der Waals surface area contributed by atoms with Crippen molar-refractivity contribution in [2.24, 2.45) is 0 Å². The highest BCUT2D eigenvalue weighted by Crippen LogP contribution is 2.18. The van der Waals surface area contributed by atoms with Crippen molar-refractivity contribution in [2.75, 3.05) is 11.1 Å². The van der Waals surface area contributed by atoms with E-state index in [1.165, 1.54) is 5.56 Å². The zero-order chi connectivity index (χ0) is 13.2. The van der Waals surface area contributed by atoms with E-state index in [0.29, 0.717) is 6.54 Å². The Morgan fingerprint density at radius 1 is 1.26 bits per heavy atom. The third kappa shape index (κ3) is 2.10. The van der Waals surface area contributed by atoms with Crippen LogP contribution < -0.4 is 11.1 Å². The number of nitrogens with one attached hydrogen (secondary N) is 1. The molecule has 0 saturated carbocycles. The minimum Gasteiger partial charge on any atom is -0.399 e. The van der Waals surface area contributed by atoms with Crippen molar-refractivity contribution in [1.82, 2.24) is 14.6 Å². The van der Waals surface area contributed by atoms with Crippen molar-refractivity contribution in [1.29, 1.82) is 0 Å². The van der Waals surface area contributed by atoms with E-state index >= 15 is 0 Å². The molecule has 1 aromatic carbocycles. The van der Waals surface area contributed by atoms with E-state index in [1.54, 1.807) is 16.9 Å². The molecule has 5 heteroatoms. The molecule has 0 aliphatic carbocycles. The van der Waals surface area contributed by atoms with Gasteiger partial charge < -0.3 is 11.1 Å². The highest BCUT2D eigenvalue weighted by molar-refractivity contribution is 5.67. The molecule has 0 aliphatic heterocycles. The number of nitrogen functional groups attached to an aromatic ring is 1. The molecule has 96 valence electrons. The Labute approximate surface area is 111 Å². The molecule has 0 unspecified atom stereocenters. The van der Waals surface area contributed by atoms with Gasteiger partial charge in [-0.05, 0) is 30.2 Å². The average Bonchev–Trinajstić information content (AvgIpc) is 2.89. The number of nitrogens with two attached hydrogens (primary N) is 1. The SMILES string of the molecule is Cc1c(N)cccc1CNc1nccn2nccc12. The highest BCUT2D eigenvalue weighted by Gasteiger charge is 2.05. The van der Waals surface area contributed by atoms with Gasteiger partial charge in [-0.1, -0.05) is 12.1 Å². The summed E-state index contributed by atoms with van der Waals surface area (Å²) in [5, 5.41) is 7.51. The summed E-state index contributed by atoms with van der Waals surface area (Å²) in [6.07, 6.45) is 5.31. The lowest BCUT2D eigenvalue weighted by atomic mass is 10.1.